The second-order valence-corrected chi connectivity index (χ2v) is 5.64. The van der Waals surface area contributed by atoms with Crippen molar-refractivity contribution in [1.29, 1.82) is 0 Å². The predicted molar refractivity (Wildman–Crippen MR) is 68.6 cm³/mol. The fourth-order valence-corrected chi connectivity index (χ4v) is 3.10. The molecule has 3 atom stereocenters. The van der Waals surface area contributed by atoms with Gasteiger partial charge in [-0.15, -0.1) is 0 Å². The second-order valence-electron chi connectivity index (χ2n) is 5.64. The molecule has 3 unspecified atom stereocenters. The van der Waals surface area contributed by atoms with Crippen molar-refractivity contribution in [1.82, 2.24) is 9.78 Å². The zero-order chi connectivity index (χ0) is 12.5. The minimum atomic E-state index is -0.668. The number of aliphatic hydroxyl groups is 1. The van der Waals surface area contributed by atoms with Gasteiger partial charge in [-0.3, -0.25) is 4.68 Å². The van der Waals surface area contributed by atoms with E-state index in [0.29, 0.717) is 5.92 Å². The molecule has 1 aliphatic rings. The summed E-state index contributed by atoms with van der Waals surface area (Å²) in [7, 11) is 0. The van der Waals surface area contributed by atoms with E-state index in [1.54, 1.807) is 0 Å². The van der Waals surface area contributed by atoms with Crippen LogP contribution in [0.4, 0.5) is 0 Å². The molecule has 1 N–H and O–H groups in total. The molecule has 1 aliphatic carbocycles. The average Bonchev–Trinajstić information content (AvgIpc) is 2.73. The van der Waals surface area contributed by atoms with Crippen LogP contribution in [0.25, 0.3) is 0 Å². The van der Waals surface area contributed by atoms with Gasteiger partial charge in [0.25, 0.3) is 0 Å². The third-order valence-corrected chi connectivity index (χ3v) is 4.18. The first-order valence-corrected chi connectivity index (χ1v) is 6.82. The number of aromatic nitrogens is 2. The number of rotatable bonds is 3. The van der Waals surface area contributed by atoms with E-state index in [0.717, 1.165) is 43.8 Å². The number of hydrogen-bond acceptors (Lipinski definition) is 2. The van der Waals surface area contributed by atoms with Gasteiger partial charge in [-0.2, -0.15) is 5.10 Å². The van der Waals surface area contributed by atoms with E-state index in [4.69, 9.17) is 0 Å². The van der Waals surface area contributed by atoms with Gasteiger partial charge < -0.3 is 5.11 Å². The number of aryl methyl sites for hydroxylation is 1. The van der Waals surface area contributed by atoms with Crippen molar-refractivity contribution in [3.05, 3.63) is 18.0 Å². The van der Waals surface area contributed by atoms with Crippen LogP contribution in [0.1, 0.15) is 52.1 Å². The van der Waals surface area contributed by atoms with Gasteiger partial charge in [0, 0.05) is 12.7 Å². The molecule has 3 heteroatoms. The third-order valence-electron chi connectivity index (χ3n) is 4.18. The molecule has 0 spiro atoms. The summed E-state index contributed by atoms with van der Waals surface area (Å²) in [4.78, 5) is 0. The Morgan fingerprint density at radius 3 is 2.94 bits per heavy atom. The predicted octanol–water partition coefficient (Wildman–Crippen LogP) is 2.94. The molecular formula is C14H24N2O. The largest absolute Gasteiger partial charge is 0.383 e. The molecule has 1 aromatic heterocycles. The number of nitrogens with zero attached hydrogens (tertiary/aromatic N) is 2. The van der Waals surface area contributed by atoms with Crippen LogP contribution in [-0.2, 0) is 12.1 Å². The Labute approximate surface area is 104 Å². The molecule has 0 aliphatic heterocycles. The van der Waals surface area contributed by atoms with Crippen molar-refractivity contribution in [2.75, 3.05) is 0 Å². The third kappa shape index (κ3) is 2.25. The van der Waals surface area contributed by atoms with Gasteiger partial charge in [0.05, 0.1) is 5.69 Å². The molecule has 1 fully saturated rings. The summed E-state index contributed by atoms with van der Waals surface area (Å²) in [6.45, 7) is 7.48. The van der Waals surface area contributed by atoms with E-state index in [1.165, 1.54) is 0 Å². The van der Waals surface area contributed by atoms with Crippen molar-refractivity contribution in [3.63, 3.8) is 0 Å². The fraction of sp³-hybridized carbons (Fsp3) is 0.786. The first kappa shape index (κ1) is 12.6. The van der Waals surface area contributed by atoms with E-state index in [2.05, 4.69) is 25.9 Å². The highest BCUT2D eigenvalue weighted by molar-refractivity contribution is 5.14. The summed E-state index contributed by atoms with van der Waals surface area (Å²) in [6, 6.07) is 1.99. The minimum absolute atomic E-state index is 0.318. The van der Waals surface area contributed by atoms with Gasteiger partial charge in [-0.25, -0.2) is 0 Å². The molecule has 17 heavy (non-hydrogen) atoms. The van der Waals surface area contributed by atoms with Gasteiger partial charge in [-0.1, -0.05) is 20.8 Å². The molecule has 96 valence electrons. The van der Waals surface area contributed by atoms with E-state index in [9.17, 15) is 5.11 Å². The topological polar surface area (TPSA) is 38.0 Å². The first-order valence-electron chi connectivity index (χ1n) is 6.82. The maximum absolute atomic E-state index is 11.0. The summed E-state index contributed by atoms with van der Waals surface area (Å²) in [6.07, 6.45) is 5.94. The van der Waals surface area contributed by atoms with E-state index < -0.39 is 5.60 Å². The van der Waals surface area contributed by atoms with Crippen LogP contribution in [0.2, 0.25) is 0 Å². The van der Waals surface area contributed by atoms with Crippen LogP contribution in [0.3, 0.4) is 0 Å². The highest BCUT2D eigenvalue weighted by atomic mass is 16.3. The van der Waals surface area contributed by atoms with Gasteiger partial charge in [0.2, 0.25) is 0 Å². The summed E-state index contributed by atoms with van der Waals surface area (Å²) < 4.78 is 1.98. The maximum Gasteiger partial charge on any atom is 0.109 e. The molecule has 1 saturated carbocycles. The van der Waals surface area contributed by atoms with Crippen LogP contribution in [0, 0.1) is 11.8 Å². The van der Waals surface area contributed by atoms with Gasteiger partial charge in [0.15, 0.2) is 0 Å². The van der Waals surface area contributed by atoms with Crippen LogP contribution in [-0.4, -0.2) is 14.9 Å². The maximum atomic E-state index is 11.0. The Hall–Kier alpha value is -0.830. The monoisotopic (exact) mass is 236 g/mol. The highest BCUT2D eigenvalue weighted by Crippen LogP contribution is 2.43. The zero-order valence-electron chi connectivity index (χ0n) is 11.2. The quantitative estimate of drug-likeness (QED) is 0.876. The van der Waals surface area contributed by atoms with Crippen molar-refractivity contribution in [2.45, 2.75) is 58.6 Å². The first-order chi connectivity index (χ1) is 8.08. The molecule has 0 aromatic carbocycles. The van der Waals surface area contributed by atoms with Gasteiger partial charge in [-0.05, 0) is 43.6 Å². The molecule has 1 aromatic rings. The Morgan fingerprint density at radius 2 is 2.29 bits per heavy atom. The molecule has 1 heterocycles. The molecule has 2 rings (SSSR count). The van der Waals surface area contributed by atoms with Crippen molar-refractivity contribution in [3.8, 4) is 0 Å². The molecule has 0 saturated heterocycles. The van der Waals surface area contributed by atoms with Crippen LogP contribution >= 0.6 is 0 Å². The molecule has 0 amide bonds. The SMILES string of the molecule is CCCn1nccc1C1(O)CCC(C)CC1C. The van der Waals surface area contributed by atoms with Crippen molar-refractivity contribution < 1.29 is 5.11 Å². The van der Waals surface area contributed by atoms with E-state index in [-0.39, 0.29) is 0 Å². The van der Waals surface area contributed by atoms with Crippen LogP contribution in [0.5, 0.6) is 0 Å². The Balaban J connectivity index is 2.27. The molecule has 0 radical (unpaired) electrons. The lowest BCUT2D eigenvalue weighted by Gasteiger charge is -2.40. The fourth-order valence-electron chi connectivity index (χ4n) is 3.10. The van der Waals surface area contributed by atoms with Gasteiger partial charge in [0.1, 0.15) is 5.60 Å². The van der Waals surface area contributed by atoms with Crippen molar-refractivity contribution >= 4 is 0 Å². The summed E-state index contributed by atoms with van der Waals surface area (Å²) >= 11 is 0. The summed E-state index contributed by atoms with van der Waals surface area (Å²) in [5, 5.41) is 15.3. The van der Waals surface area contributed by atoms with Crippen LogP contribution < -0.4 is 0 Å². The van der Waals surface area contributed by atoms with E-state index in [1.807, 2.05) is 16.9 Å². The Kier molecular flexibility index (Phi) is 3.57. The lowest BCUT2D eigenvalue weighted by atomic mass is 9.70. The standard InChI is InChI=1S/C14H24N2O/c1-4-9-16-13(6-8-15-16)14(17)7-5-11(2)10-12(14)3/h6,8,11-12,17H,4-5,7,9-10H2,1-3H3. The van der Waals surface area contributed by atoms with Crippen molar-refractivity contribution in [2.24, 2.45) is 11.8 Å². The summed E-state index contributed by atoms with van der Waals surface area (Å²) in [5.41, 5.74) is 0.344. The molecular weight excluding hydrogens is 212 g/mol. The van der Waals surface area contributed by atoms with Gasteiger partial charge >= 0.3 is 0 Å². The lowest BCUT2D eigenvalue weighted by Crippen LogP contribution is -2.40. The molecule has 0 bridgehead atoms. The average molecular weight is 236 g/mol. The summed E-state index contributed by atoms with van der Waals surface area (Å²) in [5.74, 6) is 1.05. The molecule has 3 nitrogen and oxygen atoms in total. The highest BCUT2D eigenvalue weighted by Gasteiger charge is 2.41. The Morgan fingerprint density at radius 1 is 1.53 bits per heavy atom. The lowest BCUT2D eigenvalue weighted by molar-refractivity contribution is -0.0655. The smallest absolute Gasteiger partial charge is 0.109 e. The number of hydrogen-bond donors (Lipinski definition) is 1. The second kappa shape index (κ2) is 4.81. The zero-order valence-corrected chi connectivity index (χ0v) is 11.2. The van der Waals surface area contributed by atoms with E-state index >= 15 is 0 Å². The van der Waals surface area contributed by atoms with Crippen LogP contribution in [0.15, 0.2) is 12.3 Å². The normalized spacial score (nSPS) is 33.9. The Bertz CT molecular complexity index is 374. The minimum Gasteiger partial charge on any atom is -0.383 e.